The molecule has 72 valence electrons. The summed E-state index contributed by atoms with van der Waals surface area (Å²) in [6.07, 6.45) is 3.07. The molecule has 2 N–H and O–H groups in total. The lowest BCUT2D eigenvalue weighted by atomic mass is 10.0. The number of rotatable bonds is 4. The first-order valence-electron chi connectivity index (χ1n) is 4.73. The lowest BCUT2D eigenvalue weighted by molar-refractivity contribution is 0.600. The highest BCUT2D eigenvalue weighted by Gasteiger charge is 2.05. The van der Waals surface area contributed by atoms with Gasteiger partial charge in [0.05, 0.1) is 0 Å². The van der Waals surface area contributed by atoms with Crippen LogP contribution >= 0.6 is 11.6 Å². The summed E-state index contributed by atoms with van der Waals surface area (Å²) in [7, 11) is 0. The molecule has 1 rings (SSSR count). The molecule has 1 aromatic rings. The van der Waals surface area contributed by atoms with Crippen molar-refractivity contribution in [3.8, 4) is 0 Å². The Morgan fingerprint density at radius 1 is 1.38 bits per heavy atom. The molecule has 0 amide bonds. The highest BCUT2D eigenvalue weighted by atomic mass is 35.5. The van der Waals surface area contributed by atoms with Crippen LogP contribution in [-0.4, -0.2) is 6.04 Å². The molecule has 1 atom stereocenters. The summed E-state index contributed by atoms with van der Waals surface area (Å²) in [5.41, 5.74) is 7.08. The van der Waals surface area contributed by atoms with Gasteiger partial charge in [-0.15, -0.1) is 0 Å². The molecule has 2 heteroatoms. The maximum Gasteiger partial charge on any atom is 0.0438 e. The monoisotopic (exact) mass is 197 g/mol. The minimum atomic E-state index is 0.241. The molecule has 1 nitrogen and oxygen atoms in total. The molecule has 0 unspecified atom stereocenters. The summed E-state index contributed by atoms with van der Waals surface area (Å²) >= 11 is 6.01. The van der Waals surface area contributed by atoms with Gasteiger partial charge in [-0.1, -0.05) is 43.1 Å². The predicted octanol–water partition coefficient (Wildman–Crippen LogP) is 3.01. The van der Waals surface area contributed by atoms with Crippen LogP contribution in [0.5, 0.6) is 0 Å². The molecule has 0 saturated heterocycles. The van der Waals surface area contributed by atoms with E-state index in [9.17, 15) is 0 Å². The van der Waals surface area contributed by atoms with Crippen LogP contribution in [0.4, 0.5) is 0 Å². The molecule has 1 aromatic carbocycles. The van der Waals surface area contributed by atoms with E-state index < -0.39 is 0 Å². The van der Waals surface area contributed by atoms with E-state index in [-0.39, 0.29) is 6.04 Å². The van der Waals surface area contributed by atoms with E-state index in [1.165, 1.54) is 0 Å². The number of nitrogens with two attached hydrogens (primary N) is 1. The van der Waals surface area contributed by atoms with Crippen LogP contribution in [0, 0.1) is 0 Å². The van der Waals surface area contributed by atoms with Crippen molar-refractivity contribution in [2.24, 2.45) is 5.73 Å². The van der Waals surface area contributed by atoms with Crippen LogP contribution in [-0.2, 0) is 6.42 Å². The Hall–Kier alpha value is -0.530. The van der Waals surface area contributed by atoms with Gasteiger partial charge in [0.25, 0.3) is 0 Å². The van der Waals surface area contributed by atoms with Crippen LogP contribution in [0.3, 0.4) is 0 Å². The van der Waals surface area contributed by atoms with Crippen molar-refractivity contribution in [1.29, 1.82) is 0 Å². The third kappa shape index (κ3) is 3.37. The zero-order chi connectivity index (χ0) is 9.68. The Bertz CT molecular complexity index is 260. The van der Waals surface area contributed by atoms with Gasteiger partial charge in [0.1, 0.15) is 0 Å². The highest BCUT2D eigenvalue weighted by Crippen LogP contribution is 2.17. The Kier molecular flexibility index (Phi) is 4.26. The van der Waals surface area contributed by atoms with Gasteiger partial charge in [0.2, 0.25) is 0 Å². The first kappa shape index (κ1) is 10.6. The Balaban J connectivity index is 2.58. The van der Waals surface area contributed by atoms with E-state index in [0.29, 0.717) is 0 Å². The number of halogens is 1. The fourth-order valence-electron chi connectivity index (χ4n) is 1.42. The molecule has 0 aliphatic rings. The summed E-state index contributed by atoms with van der Waals surface area (Å²) in [4.78, 5) is 0. The van der Waals surface area contributed by atoms with Crippen LogP contribution in [0.15, 0.2) is 24.3 Å². The van der Waals surface area contributed by atoms with E-state index >= 15 is 0 Å². The van der Waals surface area contributed by atoms with E-state index in [1.807, 2.05) is 24.3 Å². The second-order valence-electron chi connectivity index (χ2n) is 3.34. The molecule has 0 saturated carbocycles. The van der Waals surface area contributed by atoms with Crippen molar-refractivity contribution in [3.05, 3.63) is 34.9 Å². The standard InChI is InChI=1S/C11H16ClN/c1-2-5-10(13)8-9-6-3-4-7-11(9)12/h3-4,6-7,10H,2,5,8,13H2,1H3/t10-/m0/s1. The molecule has 0 aliphatic carbocycles. The fraction of sp³-hybridized carbons (Fsp3) is 0.455. The Labute approximate surface area is 84.9 Å². The van der Waals surface area contributed by atoms with Crippen molar-refractivity contribution in [1.82, 2.24) is 0 Å². The second kappa shape index (κ2) is 5.25. The number of benzene rings is 1. The van der Waals surface area contributed by atoms with E-state index in [2.05, 4.69) is 6.92 Å². The average Bonchev–Trinajstić information content (AvgIpc) is 2.09. The third-order valence-corrected chi connectivity index (χ3v) is 2.47. The average molecular weight is 198 g/mol. The summed E-state index contributed by atoms with van der Waals surface area (Å²) in [6, 6.07) is 8.13. The first-order valence-corrected chi connectivity index (χ1v) is 5.10. The maximum atomic E-state index is 6.01. The topological polar surface area (TPSA) is 26.0 Å². The smallest absolute Gasteiger partial charge is 0.0438 e. The van der Waals surface area contributed by atoms with E-state index in [1.54, 1.807) is 0 Å². The fourth-order valence-corrected chi connectivity index (χ4v) is 1.63. The van der Waals surface area contributed by atoms with E-state index in [4.69, 9.17) is 17.3 Å². The molecule has 0 radical (unpaired) electrons. The Morgan fingerprint density at radius 3 is 2.69 bits per heavy atom. The summed E-state index contributed by atoms with van der Waals surface area (Å²) in [6.45, 7) is 2.15. The molecule has 0 bridgehead atoms. The zero-order valence-electron chi connectivity index (χ0n) is 7.96. The van der Waals surface area contributed by atoms with E-state index in [0.717, 1.165) is 29.8 Å². The van der Waals surface area contributed by atoms with Crippen LogP contribution in [0.25, 0.3) is 0 Å². The van der Waals surface area contributed by atoms with Crippen molar-refractivity contribution < 1.29 is 0 Å². The molecule has 0 aliphatic heterocycles. The highest BCUT2D eigenvalue weighted by molar-refractivity contribution is 6.31. The summed E-state index contributed by atoms with van der Waals surface area (Å²) in [5.74, 6) is 0. The van der Waals surface area contributed by atoms with Crippen molar-refractivity contribution in [3.63, 3.8) is 0 Å². The molecular formula is C11H16ClN. The van der Waals surface area contributed by atoms with Gasteiger partial charge < -0.3 is 5.73 Å². The summed E-state index contributed by atoms with van der Waals surface area (Å²) in [5, 5.41) is 0.828. The largest absolute Gasteiger partial charge is 0.327 e. The van der Waals surface area contributed by atoms with Crippen molar-refractivity contribution >= 4 is 11.6 Å². The number of hydrogen-bond donors (Lipinski definition) is 1. The lowest BCUT2D eigenvalue weighted by Gasteiger charge is -2.10. The Morgan fingerprint density at radius 2 is 2.08 bits per heavy atom. The third-order valence-electron chi connectivity index (χ3n) is 2.10. The maximum absolute atomic E-state index is 6.01. The lowest BCUT2D eigenvalue weighted by Crippen LogP contribution is -2.22. The molecule has 0 heterocycles. The van der Waals surface area contributed by atoms with Gasteiger partial charge in [0.15, 0.2) is 0 Å². The number of hydrogen-bond acceptors (Lipinski definition) is 1. The molecular weight excluding hydrogens is 182 g/mol. The SMILES string of the molecule is CCC[C@H](N)Cc1ccccc1Cl. The minimum Gasteiger partial charge on any atom is -0.327 e. The molecule has 0 spiro atoms. The predicted molar refractivity (Wildman–Crippen MR) is 58.0 cm³/mol. The van der Waals surface area contributed by atoms with Gasteiger partial charge in [-0.05, 0) is 24.5 Å². The zero-order valence-corrected chi connectivity index (χ0v) is 8.72. The normalized spacial score (nSPS) is 12.8. The van der Waals surface area contributed by atoms with Crippen molar-refractivity contribution in [2.45, 2.75) is 32.2 Å². The summed E-state index contributed by atoms with van der Waals surface area (Å²) < 4.78 is 0. The van der Waals surface area contributed by atoms with Gasteiger partial charge in [0, 0.05) is 11.1 Å². The van der Waals surface area contributed by atoms with Crippen LogP contribution in [0.1, 0.15) is 25.3 Å². The van der Waals surface area contributed by atoms with Gasteiger partial charge in [-0.2, -0.15) is 0 Å². The van der Waals surface area contributed by atoms with Gasteiger partial charge >= 0.3 is 0 Å². The first-order chi connectivity index (χ1) is 6.24. The van der Waals surface area contributed by atoms with Crippen LogP contribution < -0.4 is 5.73 Å². The molecule has 0 aromatic heterocycles. The second-order valence-corrected chi connectivity index (χ2v) is 3.75. The van der Waals surface area contributed by atoms with Crippen molar-refractivity contribution in [2.75, 3.05) is 0 Å². The molecule has 13 heavy (non-hydrogen) atoms. The quantitative estimate of drug-likeness (QED) is 0.789. The van der Waals surface area contributed by atoms with Crippen LogP contribution in [0.2, 0.25) is 5.02 Å². The molecule has 0 fully saturated rings. The van der Waals surface area contributed by atoms with Gasteiger partial charge in [-0.25, -0.2) is 0 Å². The minimum absolute atomic E-state index is 0.241. The van der Waals surface area contributed by atoms with Gasteiger partial charge in [-0.3, -0.25) is 0 Å².